The molecule has 3 amide bonds. The zero-order valence-electron chi connectivity index (χ0n) is 21.9. The first-order chi connectivity index (χ1) is 18.3. The van der Waals surface area contributed by atoms with Gasteiger partial charge in [-0.3, -0.25) is 19.3 Å². The molecule has 6 atom stereocenters. The molecule has 5 rings (SSSR count). The number of aliphatic hydroxyl groups is 1. The number of nitrogens with zero attached hydrogens (tertiary/aromatic N) is 2. The van der Waals surface area contributed by atoms with Crippen LogP contribution in [0.1, 0.15) is 31.9 Å². The Morgan fingerprint density at radius 2 is 1.80 bits per heavy atom. The van der Waals surface area contributed by atoms with Crippen LogP contribution in [-0.2, 0) is 28.7 Å². The van der Waals surface area contributed by atoms with Crippen molar-refractivity contribution in [3.05, 3.63) is 41.7 Å². The smallest absolute Gasteiger partial charge is 0.508 e. The number of amides is 3. The number of hydrogen-bond acceptors (Lipinski definition) is 10. The molecule has 0 bridgehead atoms. The fourth-order valence-corrected chi connectivity index (χ4v) is 6.51. The fourth-order valence-electron chi connectivity index (χ4n) is 4.88. The standard InChI is InChI=1S/C16H19N3O5S.C8H9NO5.K/c1-16(2)11(15(23)24)19-13(22)10(14(19)25-16)18-12(21)9(17)7-3-5-8(20)6-4-7;10-2-1-4-7(8(12)13)9-5(11)3-6(9)14-4;/h3-6,9-11,14,20H,17H2,1-2H3,(H,18,21)(H,23,24);1,6-7,10H,2-3H2,(H,12,13);/q;;+1/b;4-1+;. The largest absolute Gasteiger partial charge is 1.00 e. The number of rotatable bonds is 6. The zero-order valence-corrected chi connectivity index (χ0v) is 25.8. The Kier molecular flexibility index (Phi) is 9.99. The number of aliphatic hydroxyl groups excluding tert-OH is 1. The summed E-state index contributed by atoms with van der Waals surface area (Å²) in [6.45, 7) is 3.24. The van der Waals surface area contributed by atoms with Crippen LogP contribution in [0.15, 0.2) is 36.1 Å². The molecule has 0 aromatic heterocycles. The molecule has 210 valence electrons. The number of phenols is 1. The molecule has 1 aromatic rings. The minimum Gasteiger partial charge on any atom is -0.508 e. The van der Waals surface area contributed by atoms with Crippen molar-refractivity contribution in [2.45, 2.75) is 60.8 Å². The van der Waals surface area contributed by atoms with Crippen LogP contribution in [0.4, 0.5) is 0 Å². The maximum Gasteiger partial charge on any atom is 1.00 e. The summed E-state index contributed by atoms with van der Waals surface area (Å²) in [7, 11) is 0. The number of phenolic OH excluding ortho intramolecular Hbond substituents is 1. The molecule has 16 heteroatoms. The van der Waals surface area contributed by atoms with Gasteiger partial charge in [0.05, 0.1) is 13.0 Å². The van der Waals surface area contributed by atoms with E-state index in [1.54, 1.807) is 13.8 Å². The first-order valence-electron chi connectivity index (χ1n) is 11.9. The van der Waals surface area contributed by atoms with Crippen molar-refractivity contribution in [3.63, 3.8) is 0 Å². The first kappa shape index (κ1) is 32.3. The molecule has 14 nitrogen and oxygen atoms in total. The third kappa shape index (κ3) is 5.90. The van der Waals surface area contributed by atoms with Crippen LogP contribution in [0.25, 0.3) is 0 Å². The van der Waals surface area contributed by atoms with Crippen molar-refractivity contribution < 1.29 is 101 Å². The van der Waals surface area contributed by atoms with E-state index in [0.29, 0.717) is 5.56 Å². The van der Waals surface area contributed by atoms with E-state index in [0.717, 1.165) is 0 Å². The van der Waals surface area contributed by atoms with Gasteiger partial charge in [0.1, 0.15) is 35.0 Å². The molecule has 4 saturated heterocycles. The van der Waals surface area contributed by atoms with Crippen LogP contribution in [0, 0.1) is 0 Å². The van der Waals surface area contributed by atoms with Gasteiger partial charge >= 0.3 is 63.3 Å². The van der Waals surface area contributed by atoms with Crippen LogP contribution >= 0.6 is 11.8 Å². The van der Waals surface area contributed by atoms with Crippen molar-refractivity contribution in [3.8, 4) is 5.75 Å². The Hall–Kier alpha value is -2.18. The Balaban J connectivity index is 0.000000250. The number of β-lactam (4-membered cyclic amide) rings is 2. The fraction of sp³-hybridized carbons (Fsp3) is 0.458. The Morgan fingerprint density at radius 1 is 1.18 bits per heavy atom. The molecular formula is C24H28KN4O10S+. The van der Waals surface area contributed by atoms with Gasteiger partial charge in [-0.05, 0) is 37.6 Å². The molecule has 4 fully saturated rings. The maximum atomic E-state index is 12.3. The minimum absolute atomic E-state index is 0. The monoisotopic (exact) mass is 603 g/mol. The van der Waals surface area contributed by atoms with E-state index in [1.165, 1.54) is 51.9 Å². The summed E-state index contributed by atoms with van der Waals surface area (Å²) in [5, 5.41) is 38.4. The second kappa shape index (κ2) is 12.4. The molecule has 4 aliphatic heterocycles. The molecule has 1 aromatic carbocycles. The van der Waals surface area contributed by atoms with Gasteiger partial charge < -0.3 is 41.1 Å². The Morgan fingerprint density at radius 3 is 2.33 bits per heavy atom. The number of carboxylic acid groups (broad SMARTS) is 2. The second-order valence-electron chi connectivity index (χ2n) is 9.76. The van der Waals surface area contributed by atoms with E-state index in [2.05, 4.69) is 5.32 Å². The number of aliphatic carboxylic acids is 2. The number of hydrogen-bond donors (Lipinski definition) is 6. The first-order valence-corrected chi connectivity index (χ1v) is 12.8. The third-order valence-corrected chi connectivity index (χ3v) is 8.37. The summed E-state index contributed by atoms with van der Waals surface area (Å²) in [5.41, 5.74) is 6.41. The number of aromatic hydroxyl groups is 1. The van der Waals surface area contributed by atoms with Crippen molar-refractivity contribution >= 4 is 41.4 Å². The van der Waals surface area contributed by atoms with E-state index < -0.39 is 64.3 Å². The van der Waals surface area contributed by atoms with Crippen molar-refractivity contribution in [1.82, 2.24) is 15.1 Å². The number of benzene rings is 1. The van der Waals surface area contributed by atoms with Crippen molar-refractivity contribution in [2.75, 3.05) is 6.61 Å². The predicted octanol–water partition coefficient (Wildman–Crippen LogP) is -4.07. The summed E-state index contributed by atoms with van der Waals surface area (Å²) < 4.78 is 4.52. The van der Waals surface area contributed by atoms with E-state index in [9.17, 15) is 34.2 Å². The van der Waals surface area contributed by atoms with Crippen molar-refractivity contribution in [1.29, 1.82) is 0 Å². The van der Waals surface area contributed by atoms with Gasteiger partial charge in [-0.2, -0.15) is 0 Å². The van der Waals surface area contributed by atoms with E-state index >= 15 is 0 Å². The zero-order chi connectivity index (χ0) is 28.8. The van der Waals surface area contributed by atoms with Crippen LogP contribution < -0.4 is 62.4 Å². The summed E-state index contributed by atoms with van der Waals surface area (Å²) in [6, 6.07) is 2.14. The van der Waals surface area contributed by atoms with E-state index in [-0.39, 0.29) is 81.8 Å². The van der Waals surface area contributed by atoms with Crippen molar-refractivity contribution in [2.24, 2.45) is 5.73 Å². The number of nitrogens with two attached hydrogens (primary N) is 1. The predicted molar refractivity (Wildman–Crippen MR) is 134 cm³/mol. The van der Waals surface area contributed by atoms with Gasteiger partial charge in [0.25, 0.3) is 0 Å². The minimum atomic E-state index is -1.14. The van der Waals surface area contributed by atoms with Gasteiger partial charge in [0, 0.05) is 4.75 Å². The second-order valence-corrected chi connectivity index (χ2v) is 11.5. The van der Waals surface area contributed by atoms with Gasteiger partial charge in [-0.25, -0.2) is 9.59 Å². The number of ether oxygens (including phenoxy) is 1. The Labute approximate surface area is 275 Å². The number of carbonyl (C=O) groups excluding carboxylic acids is 3. The van der Waals surface area contributed by atoms with Crippen LogP contribution in [0.2, 0.25) is 0 Å². The molecule has 7 N–H and O–H groups in total. The van der Waals surface area contributed by atoms with E-state index in [4.69, 9.17) is 20.7 Å². The molecular weight excluding hydrogens is 575 g/mol. The summed E-state index contributed by atoms with van der Waals surface area (Å²) >= 11 is 1.35. The van der Waals surface area contributed by atoms with Gasteiger partial charge in [-0.1, -0.05) is 12.1 Å². The molecule has 0 radical (unpaired) electrons. The van der Waals surface area contributed by atoms with Crippen LogP contribution in [-0.4, -0.2) is 101 Å². The molecule has 4 aliphatic rings. The normalized spacial score (nSPS) is 28.9. The topological polar surface area (TPSA) is 220 Å². The van der Waals surface area contributed by atoms with Gasteiger partial charge in [-0.15, -0.1) is 11.8 Å². The quantitative estimate of drug-likeness (QED) is 0.135. The number of nitrogens with one attached hydrogen (secondary N) is 1. The number of thioether (sulfide) groups is 1. The molecule has 0 aliphatic carbocycles. The molecule has 40 heavy (non-hydrogen) atoms. The average Bonchev–Trinajstić information content (AvgIpc) is 3.31. The SMILES string of the molecule is CC1(C)SC2C(NC(=O)C(N)c3ccc(O)cc3)C(=O)N2C1C(=O)O.O=C(O)C1/C(=C\CO)OC2CC(=O)N21.[K+]. The summed E-state index contributed by atoms with van der Waals surface area (Å²) in [6.07, 6.45) is 1.03. The molecule has 0 spiro atoms. The molecule has 0 saturated carbocycles. The summed E-state index contributed by atoms with van der Waals surface area (Å²) in [4.78, 5) is 60.5. The summed E-state index contributed by atoms with van der Waals surface area (Å²) in [5.74, 6) is -3.16. The van der Waals surface area contributed by atoms with Crippen LogP contribution in [0.5, 0.6) is 5.75 Å². The number of fused-ring (bicyclic) bond motifs is 2. The molecule has 4 heterocycles. The van der Waals surface area contributed by atoms with E-state index in [1.807, 2.05) is 0 Å². The third-order valence-electron chi connectivity index (χ3n) is 6.80. The number of carbonyl (C=O) groups is 5. The van der Waals surface area contributed by atoms with Crippen LogP contribution in [0.3, 0.4) is 0 Å². The van der Waals surface area contributed by atoms with Gasteiger partial charge in [0.15, 0.2) is 12.3 Å². The average molecular weight is 604 g/mol. The van der Waals surface area contributed by atoms with Gasteiger partial charge in [0.2, 0.25) is 17.7 Å². The maximum absolute atomic E-state index is 12.3. The number of carboxylic acids is 2. The Bertz CT molecular complexity index is 1240. The molecule has 6 unspecified atom stereocenters.